The number of hydrogen-bond donors (Lipinski definition) is 1. The van der Waals surface area contributed by atoms with Crippen LogP contribution in [0.2, 0.25) is 0 Å². The summed E-state index contributed by atoms with van der Waals surface area (Å²) in [5.41, 5.74) is 1.88. The van der Waals surface area contributed by atoms with Crippen LogP contribution in [0.3, 0.4) is 0 Å². The van der Waals surface area contributed by atoms with Crippen molar-refractivity contribution in [2.24, 2.45) is 0 Å². The number of nitrogens with one attached hydrogen (secondary N) is 1. The number of aryl methyl sites for hydroxylation is 2. The maximum Gasteiger partial charge on any atom is 0.148 e. The third kappa shape index (κ3) is 2.25. The molecular weight excluding hydrogens is 162 g/mol. The van der Waals surface area contributed by atoms with E-state index >= 15 is 0 Å². The highest BCUT2D eigenvalue weighted by molar-refractivity contribution is 5.12. The Labute approximate surface area is 79.6 Å². The molecule has 0 atom stereocenters. The second-order valence-electron chi connectivity index (χ2n) is 3.85. The molecule has 0 fully saturated rings. The SMILES string of the molecule is CNC(C)(C)c1nc(C)cc(C)n1. The Kier molecular flexibility index (Phi) is 2.66. The molecule has 0 aromatic carbocycles. The average molecular weight is 179 g/mol. The molecule has 1 rings (SSSR count). The quantitative estimate of drug-likeness (QED) is 0.748. The Bertz CT molecular complexity index is 285. The van der Waals surface area contributed by atoms with Crippen LogP contribution >= 0.6 is 0 Å². The second-order valence-corrected chi connectivity index (χ2v) is 3.85. The first-order valence-corrected chi connectivity index (χ1v) is 4.47. The number of nitrogens with zero attached hydrogens (tertiary/aromatic N) is 2. The van der Waals surface area contributed by atoms with E-state index < -0.39 is 0 Å². The number of rotatable bonds is 2. The van der Waals surface area contributed by atoms with Gasteiger partial charge in [-0.05, 0) is 40.8 Å². The average Bonchev–Trinajstić information content (AvgIpc) is 2.02. The highest BCUT2D eigenvalue weighted by Gasteiger charge is 2.21. The van der Waals surface area contributed by atoms with Gasteiger partial charge < -0.3 is 5.32 Å². The highest BCUT2D eigenvalue weighted by Crippen LogP contribution is 2.15. The molecule has 0 bridgehead atoms. The van der Waals surface area contributed by atoms with Crippen LogP contribution in [-0.4, -0.2) is 17.0 Å². The molecule has 3 heteroatoms. The van der Waals surface area contributed by atoms with Crippen LogP contribution in [0.1, 0.15) is 31.1 Å². The van der Waals surface area contributed by atoms with Gasteiger partial charge in [-0.25, -0.2) is 9.97 Å². The van der Waals surface area contributed by atoms with Crippen molar-refractivity contribution < 1.29 is 0 Å². The minimum atomic E-state index is -0.156. The van der Waals surface area contributed by atoms with E-state index in [9.17, 15) is 0 Å². The minimum absolute atomic E-state index is 0.156. The lowest BCUT2D eigenvalue weighted by Crippen LogP contribution is -2.35. The normalized spacial score (nSPS) is 11.8. The van der Waals surface area contributed by atoms with E-state index in [1.54, 1.807) is 0 Å². The van der Waals surface area contributed by atoms with Gasteiger partial charge in [0.05, 0.1) is 5.54 Å². The topological polar surface area (TPSA) is 37.8 Å². The number of hydrogen-bond acceptors (Lipinski definition) is 3. The van der Waals surface area contributed by atoms with Crippen molar-refractivity contribution in [3.8, 4) is 0 Å². The Morgan fingerprint density at radius 3 is 2.00 bits per heavy atom. The number of aromatic nitrogens is 2. The summed E-state index contributed by atoms with van der Waals surface area (Å²) in [5, 5.41) is 3.19. The molecule has 0 amide bonds. The molecule has 1 aromatic rings. The first-order valence-electron chi connectivity index (χ1n) is 4.47. The zero-order valence-electron chi connectivity index (χ0n) is 8.97. The monoisotopic (exact) mass is 179 g/mol. The van der Waals surface area contributed by atoms with E-state index in [2.05, 4.69) is 29.1 Å². The molecule has 3 nitrogen and oxygen atoms in total. The van der Waals surface area contributed by atoms with Gasteiger partial charge in [-0.1, -0.05) is 0 Å². The van der Waals surface area contributed by atoms with Crippen molar-refractivity contribution in [2.75, 3.05) is 7.05 Å². The standard InChI is InChI=1S/C10H17N3/c1-7-6-8(2)13-9(12-7)10(3,4)11-5/h6,11H,1-5H3. The summed E-state index contributed by atoms with van der Waals surface area (Å²) in [6, 6.07) is 1.98. The van der Waals surface area contributed by atoms with Gasteiger partial charge >= 0.3 is 0 Å². The van der Waals surface area contributed by atoms with Gasteiger partial charge in [-0.15, -0.1) is 0 Å². The van der Waals surface area contributed by atoms with Crippen LogP contribution in [0.5, 0.6) is 0 Å². The molecule has 0 saturated heterocycles. The van der Waals surface area contributed by atoms with Crippen LogP contribution in [-0.2, 0) is 5.54 Å². The van der Waals surface area contributed by atoms with Gasteiger partial charge in [-0.2, -0.15) is 0 Å². The van der Waals surface area contributed by atoms with Crippen molar-refractivity contribution in [1.29, 1.82) is 0 Å². The van der Waals surface area contributed by atoms with E-state index in [1.807, 2.05) is 27.0 Å². The van der Waals surface area contributed by atoms with E-state index in [0.717, 1.165) is 17.2 Å². The summed E-state index contributed by atoms with van der Waals surface area (Å²) in [6.07, 6.45) is 0. The molecule has 1 N–H and O–H groups in total. The van der Waals surface area contributed by atoms with Gasteiger partial charge in [-0.3, -0.25) is 0 Å². The Balaban J connectivity index is 3.15. The summed E-state index contributed by atoms with van der Waals surface area (Å²) in [5.74, 6) is 0.854. The van der Waals surface area contributed by atoms with E-state index in [0.29, 0.717) is 0 Å². The van der Waals surface area contributed by atoms with Crippen LogP contribution in [0, 0.1) is 13.8 Å². The molecule has 1 aromatic heterocycles. The summed E-state index contributed by atoms with van der Waals surface area (Å²) in [4.78, 5) is 8.81. The molecular formula is C10H17N3. The van der Waals surface area contributed by atoms with Crippen LogP contribution < -0.4 is 5.32 Å². The van der Waals surface area contributed by atoms with E-state index in [-0.39, 0.29) is 5.54 Å². The first kappa shape index (κ1) is 10.1. The smallest absolute Gasteiger partial charge is 0.148 e. The summed E-state index contributed by atoms with van der Waals surface area (Å²) in [7, 11) is 1.92. The van der Waals surface area contributed by atoms with Crippen molar-refractivity contribution >= 4 is 0 Å². The molecule has 0 unspecified atom stereocenters. The van der Waals surface area contributed by atoms with Gasteiger partial charge in [0.2, 0.25) is 0 Å². The molecule has 0 aliphatic rings. The fourth-order valence-corrected chi connectivity index (χ4v) is 1.12. The Morgan fingerprint density at radius 2 is 1.62 bits per heavy atom. The van der Waals surface area contributed by atoms with E-state index in [1.165, 1.54) is 0 Å². The third-order valence-electron chi connectivity index (χ3n) is 2.17. The summed E-state index contributed by atoms with van der Waals surface area (Å²) >= 11 is 0. The largest absolute Gasteiger partial charge is 0.308 e. The van der Waals surface area contributed by atoms with Gasteiger partial charge in [0.1, 0.15) is 5.82 Å². The molecule has 1 heterocycles. The molecule has 0 spiro atoms. The highest BCUT2D eigenvalue weighted by atomic mass is 15.0. The lowest BCUT2D eigenvalue weighted by atomic mass is 10.1. The maximum absolute atomic E-state index is 4.40. The van der Waals surface area contributed by atoms with Crippen LogP contribution in [0.15, 0.2) is 6.07 Å². The van der Waals surface area contributed by atoms with Crippen LogP contribution in [0.4, 0.5) is 0 Å². The van der Waals surface area contributed by atoms with E-state index in [4.69, 9.17) is 0 Å². The van der Waals surface area contributed by atoms with Crippen molar-refractivity contribution in [3.63, 3.8) is 0 Å². The lowest BCUT2D eigenvalue weighted by molar-refractivity contribution is 0.414. The first-order chi connectivity index (χ1) is 5.95. The Morgan fingerprint density at radius 1 is 1.15 bits per heavy atom. The predicted molar refractivity (Wildman–Crippen MR) is 53.6 cm³/mol. The summed E-state index contributed by atoms with van der Waals surface area (Å²) < 4.78 is 0. The van der Waals surface area contributed by atoms with Crippen molar-refractivity contribution in [3.05, 3.63) is 23.3 Å². The van der Waals surface area contributed by atoms with Gasteiger partial charge in [0.15, 0.2) is 0 Å². The Hall–Kier alpha value is -0.960. The predicted octanol–water partition coefficient (Wildman–Crippen LogP) is 1.55. The molecule has 0 aliphatic carbocycles. The maximum atomic E-state index is 4.40. The summed E-state index contributed by atoms with van der Waals surface area (Å²) in [6.45, 7) is 8.12. The molecule has 0 radical (unpaired) electrons. The van der Waals surface area contributed by atoms with Crippen molar-refractivity contribution in [1.82, 2.24) is 15.3 Å². The zero-order chi connectivity index (χ0) is 10.1. The minimum Gasteiger partial charge on any atom is -0.308 e. The molecule has 0 aliphatic heterocycles. The fourth-order valence-electron chi connectivity index (χ4n) is 1.12. The van der Waals surface area contributed by atoms with Crippen LogP contribution in [0.25, 0.3) is 0 Å². The molecule has 0 saturated carbocycles. The van der Waals surface area contributed by atoms with Gasteiger partial charge in [0.25, 0.3) is 0 Å². The molecule has 13 heavy (non-hydrogen) atoms. The van der Waals surface area contributed by atoms with Crippen molar-refractivity contribution in [2.45, 2.75) is 33.2 Å². The van der Waals surface area contributed by atoms with Gasteiger partial charge in [0, 0.05) is 11.4 Å². The second kappa shape index (κ2) is 3.42. The lowest BCUT2D eigenvalue weighted by Gasteiger charge is -2.22. The fraction of sp³-hybridized carbons (Fsp3) is 0.600. The third-order valence-corrected chi connectivity index (χ3v) is 2.17. The zero-order valence-corrected chi connectivity index (χ0v) is 8.97. The molecule has 72 valence electrons.